The van der Waals surface area contributed by atoms with Crippen molar-refractivity contribution in [2.24, 2.45) is 0 Å². The molecule has 2 N–H and O–H groups in total. The quantitative estimate of drug-likeness (QED) is 0.720. The molecule has 0 aliphatic carbocycles. The molecule has 1 aliphatic heterocycles. The van der Waals surface area contributed by atoms with Crippen LogP contribution in [0.15, 0.2) is 23.1 Å². The van der Waals surface area contributed by atoms with Crippen molar-refractivity contribution in [3.05, 3.63) is 23.1 Å². The lowest BCUT2D eigenvalue weighted by atomic mass is 10.1. The zero-order valence-electron chi connectivity index (χ0n) is 13.8. The van der Waals surface area contributed by atoms with Crippen LogP contribution in [0.5, 0.6) is 0 Å². The third-order valence-electron chi connectivity index (χ3n) is 4.66. The number of hydrogen-bond donors (Lipinski definition) is 2. The first-order chi connectivity index (χ1) is 11.7. The van der Waals surface area contributed by atoms with Gasteiger partial charge in [0.1, 0.15) is 11.3 Å². The molecule has 1 fully saturated rings. The second-order valence-electron chi connectivity index (χ2n) is 6.26. The average Bonchev–Trinajstić information content (AvgIpc) is 3.22. The third kappa shape index (κ3) is 2.69. The van der Waals surface area contributed by atoms with Gasteiger partial charge in [0.25, 0.3) is 0 Å². The molecule has 1 saturated heterocycles. The largest absolute Gasteiger partial charge is 0.385 e. The third-order valence-corrected chi connectivity index (χ3v) is 5.26. The van der Waals surface area contributed by atoms with Crippen molar-refractivity contribution in [2.45, 2.75) is 18.9 Å². The molecule has 3 aromatic rings. The van der Waals surface area contributed by atoms with E-state index in [1.54, 1.807) is 6.20 Å². The summed E-state index contributed by atoms with van der Waals surface area (Å²) in [4.78, 5) is 14.7. The second-order valence-corrected chi connectivity index (χ2v) is 7.11. The molecular formula is C16H20BrN7. The number of pyridine rings is 1. The van der Waals surface area contributed by atoms with Crippen molar-refractivity contribution in [1.29, 1.82) is 0 Å². The molecule has 0 bridgehead atoms. The molecule has 4 rings (SSSR count). The van der Waals surface area contributed by atoms with E-state index in [1.165, 1.54) is 0 Å². The predicted molar refractivity (Wildman–Crippen MR) is 98.1 cm³/mol. The number of H-pyrrole nitrogens is 1. The molecule has 126 valence electrons. The van der Waals surface area contributed by atoms with E-state index in [9.17, 15) is 0 Å². The molecule has 0 amide bonds. The van der Waals surface area contributed by atoms with Gasteiger partial charge in [0.2, 0.25) is 0 Å². The number of anilines is 1. The summed E-state index contributed by atoms with van der Waals surface area (Å²) in [6, 6.07) is 0.472. The van der Waals surface area contributed by atoms with Gasteiger partial charge in [-0.2, -0.15) is 5.10 Å². The van der Waals surface area contributed by atoms with E-state index in [0.29, 0.717) is 11.7 Å². The van der Waals surface area contributed by atoms with Gasteiger partial charge in [-0.15, -0.1) is 0 Å². The Morgan fingerprint density at radius 2 is 2.08 bits per heavy atom. The van der Waals surface area contributed by atoms with Crippen LogP contribution >= 0.6 is 15.9 Å². The Morgan fingerprint density at radius 3 is 2.83 bits per heavy atom. The smallest absolute Gasteiger partial charge is 0.180 e. The van der Waals surface area contributed by atoms with Gasteiger partial charge in [0.05, 0.1) is 28.0 Å². The van der Waals surface area contributed by atoms with E-state index in [0.717, 1.165) is 53.0 Å². The topological polar surface area (TPSA) is 74.7 Å². The Bertz CT molecular complexity index is 861. The van der Waals surface area contributed by atoms with Crippen LogP contribution in [0.1, 0.15) is 18.9 Å². The van der Waals surface area contributed by atoms with Crippen molar-refractivity contribution < 1.29 is 0 Å². The van der Waals surface area contributed by atoms with Crippen LogP contribution in [0, 0.1) is 0 Å². The van der Waals surface area contributed by atoms with Crippen LogP contribution < -0.4 is 5.32 Å². The Hall–Kier alpha value is -1.93. The summed E-state index contributed by atoms with van der Waals surface area (Å²) < 4.78 is 2.99. The standard InChI is InChI=1S/C16H20BrN7/c1-18-13-12(17)8-19-16-14(13)21-15(22-16)10-7-20-24(9-10)11-3-5-23(2)6-4-11/h7-9,11H,3-6H2,1-2H3,(H2,18,19,21,22). The predicted octanol–water partition coefficient (Wildman–Crippen LogP) is 2.89. The first kappa shape index (κ1) is 15.6. The van der Waals surface area contributed by atoms with Gasteiger partial charge in [-0.1, -0.05) is 0 Å². The Balaban J connectivity index is 1.66. The van der Waals surface area contributed by atoms with Crippen molar-refractivity contribution in [3.8, 4) is 11.4 Å². The minimum Gasteiger partial charge on any atom is -0.385 e. The number of hydrogen-bond acceptors (Lipinski definition) is 5. The summed E-state index contributed by atoms with van der Waals surface area (Å²) in [5.41, 5.74) is 3.55. The zero-order chi connectivity index (χ0) is 16.7. The van der Waals surface area contributed by atoms with E-state index in [2.05, 4.69) is 64.1 Å². The van der Waals surface area contributed by atoms with Gasteiger partial charge in [-0.05, 0) is 48.9 Å². The van der Waals surface area contributed by atoms with Crippen LogP contribution in [0.25, 0.3) is 22.6 Å². The Labute approximate surface area is 148 Å². The van der Waals surface area contributed by atoms with E-state index < -0.39 is 0 Å². The molecule has 0 radical (unpaired) electrons. The molecule has 7 nitrogen and oxygen atoms in total. The van der Waals surface area contributed by atoms with Crippen LogP contribution in [-0.2, 0) is 0 Å². The summed E-state index contributed by atoms with van der Waals surface area (Å²) in [6.45, 7) is 2.24. The fraction of sp³-hybridized carbons (Fsp3) is 0.438. The number of halogens is 1. The maximum absolute atomic E-state index is 4.61. The SMILES string of the molecule is CNc1c(Br)cnc2nc(-c3cnn(C4CCN(C)CC4)c3)[nH]c12. The van der Waals surface area contributed by atoms with Crippen molar-refractivity contribution in [3.63, 3.8) is 0 Å². The minimum absolute atomic E-state index is 0.472. The number of imidazole rings is 1. The molecule has 0 saturated carbocycles. The monoisotopic (exact) mass is 389 g/mol. The molecule has 4 heterocycles. The lowest BCUT2D eigenvalue weighted by Gasteiger charge is -2.28. The highest BCUT2D eigenvalue weighted by atomic mass is 79.9. The van der Waals surface area contributed by atoms with Crippen LogP contribution in [-0.4, -0.2) is 56.8 Å². The summed E-state index contributed by atoms with van der Waals surface area (Å²) in [7, 11) is 4.06. The number of nitrogens with one attached hydrogen (secondary N) is 2. The minimum atomic E-state index is 0.472. The van der Waals surface area contributed by atoms with Gasteiger partial charge < -0.3 is 15.2 Å². The van der Waals surface area contributed by atoms with Crippen LogP contribution in [0.2, 0.25) is 0 Å². The molecule has 0 unspecified atom stereocenters. The summed E-state index contributed by atoms with van der Waals surface area (Å²) >= 11 is 3.51. The lowest BCUT2D eigenvalue weighted by Crippen LogP contribution is -2.31. The lowest BCUT2D eigenvalue weighted by molar-refractivity contribution is 0.212. The average molecular weight is 390 g/mol. The molecule has 1 aliphatic rings. The zero-order valence-corrected chi connectivity index (χ0v) is 15.3. The molecule has 0 atom stereocenters. The number of aromatic amines is 1. The van der Waals surface area contributed by atoms with E-state index in [4.69, 9.17) is 0 Å². The van der Waals surface area contributed by atoms with Crippen molar-refractivity contribution in [2.75, 3.05) is 32.5 Å². The summed E-state index contributed by atoms with van der Waals surface area (Å²) in [5.74, 6) is 0.797. The summed E-state index contributed by atoms with van der Waals surface area (Å²) in [6.07, 6.45) is 8.00. The van der Waals surface area contributed by atoms with Crippen molar-refractivity contribution >= 4 is 32.8 Å². The molecule has 24 heavy (non-hydrogen) atoms. The van der Waals surface area contributed by atoms with E-state index >= 15 is 0 Å². The van der Waals surface area contributed by atoms with E-state index in [-0.39, 0.29) is 0 Å². The van der Waals surface area contributed by atoms with Crippen molar-refractivity contribution in [1.82, 2.24) is 29.6 Å². The number of likely N-dealkylation sites (tertiary alicyclic amines) is 1. The molecule has 8 heteroatoms. The van der Waals surface area contributed by atoms with Gasteiger partial charge in [0.15, 0.2) is 5.65 Å². The first-order valence-corrected chi connectivity index (χ1v) is 8.90. The fourth-order valence-corrected chi connectivity index (χ4v) is 3.73. The normalized spacial score (nSPS) is 16.8. The van der Waals surface area contributed by atoms with Crippen LogP contribution in [0.3, 0.4) is 0 Å². The Morgan fingerprint density at radius 1 is 1.29 bits per heavy atom. The maximum atomic E-state index is 4.61. The van der Waals surface area contributed by atoms with Gasteiger partial charge in [-0.3, -0.25) is 4.68 Å². The Kier molecular flexibility index (Phi) is 4.01. The highest BCUT2D eigenvalue weighted by Gasteiger charge is 2.20. The molecular weight excluding hydrogens is 370 g/mol. The van der Waals surface area contributed by atoms with E-state index in [1.807, 2.05) is 13.2 Å². The number of fused-ring (bicyclic) bond motifs is 1. The maximum Gasteiger partial charge on any atom is 0.180 e. The second kappa shape index (κ2) is 6.18. The summed E-state index contributed by atoms with van der Waals surface area (Å²) in [5, 5.41) is 7.74. The molecule has 3 aromatic heterocycles. The van der Waals surface area contributed by atoms with Gasteiger partial charge in [-0.25, -0.2) is 9.97 Å². The molecule has 0 aromatic carbocycles. The fourth-order valence-electron chi connectivity index (χ4n) is 3.23. The number of rotatable bonds is 3. The highest BCUT2D eigenvalue weighted by molar-refractivity contribution is 9.10. The number of aromatic nitrogens is 5. The van der Waals surface area contributed by atoms with Gasteiger partial charge in [0, 0.05) is 19.4 Å². The number of nitrogens with zero attached hydrogens (tertiary/aromatic N) is 5. The van der Waals surface area contributed by atoms with Crippen LogP contribution in [0.4, 0.5) is 5.69 Å². The number of piperidine rings is 1. The highest BCUT2D eigenvalue weighted by Crippen LogP contribution is 2.30. The first-order valence-electron chi connectivity index (χ1n) is 8.10. The molecule has 0 spiro atoms. The van der Waals surface area contributed by atoms with Gasteiger partial charge >= 0.3 is 0 Å².